The van der Waals surface area contributed by atoms with Gasteiger partial charge in [0.2, 0.25) is 0 Å². The van der Waals surface area contributed by atoms with Crippen LogP contribution in [0.25, 0.3) is 0 Å². The van der Waals surface area contributed by atoms with Crippen LogP contribution in [-0.2, 0) is 5.75 Å². The van der Waals surface area contributed by atoms with E-state index in [9.17, 15) is 9.90 Å². The Kier molecular flexibility index (Phi) is 14.4. The van der Waals surface area contributed by atoms with Crippen LogP contribution in [0.4, 0.5) is 0 Å². The largest absolute Gasteiger partial charge is 1.00 e. The van der Waals surface area contributed by atoms with Gasteiger partial charge in [-0.15, -0.1) is 0 Å². The summed E-state index contributed by atoms with van der Waals surface area (Å²) in [5.74, 6) is 2.18. The Morgan fingerprint density at radius 3 is 2.33 bits per heavy atom. The van der Waals surface area contributed by atoms with Crippen molar-refractivity contribution in [3.05, 3.63) is 28.3 Å². The molecule has 0 aromatic carbocycles. The fourth-order valence-corrected chi connectivity index (χ4v) is 6.11. The molecule has 0 fully saturated rings. The van der Waals surface area contributed by atoms with Crippen molar-refractivity contribution in [3.8, 4) is 5.75 Å². The number of rotatable bonds is 10. The molecule has 1 atom stereocenters. The molecule has 0 aliphatic rings. The number of hydrogen-bond acceptors (Lipinski definition) is 3. The van der Waals surface area contributed by atoms with E-state index in [0.717, 1.165) is 24.2 Å². The summed E-state index contributed by atoms with van der Waals surface area (Å²) >= 11 is 0. The average molecular weight is 369 g/mol. The van der Waals surface area contributed by atoms with Crippen LogP contribution in [0.5, 0.6) is 5.75 Å². The van der Waals surface area contributed by atoms with Gasteiger partial charge in [-0.05, 0) is 0 Å². The van der Waals surface area contributed by atoms with Crippen molar-refractivity contribution in [3.63, 3.8) is 0 Å². The Bertz CT molecular complexity index is 649. The molecule has 0 amide bonds. The zero-order chi connectivity index (χ0) is 19.9. The van der Waals surface area contributed by atoms with Gasteiger partial charge in [-0.1, -0.05) is 0 Å². The second-order valence-corrected chi connectivity index (χ2v) is 10.1. The third-order valence-electron chi connectivity index (χ3n) is 4.94. The molecule has 17 heteroatoms. The standard InChI is InChI=1S/C10H25B12O3S.Na/c1-2-3-4-26(7-8-5-9(23)10(24)6-25-8)17-21(18(11)12)22(19(13)14)20(15)16;/h5-6,13,24H,2-4,7,11-12,14-16H2,1H3;/q-1;+1/i11-1,12-1,13-1,14-1,15-1,16-1,17-1,18-1,19-1,20-1,21-1,22-1;. The Labute approximate surface area is 197 Å². The monoisotopic (exact) mass is 368 g/mol. The van der Waals surface area contributed by atoms with Gasteiger partial charge in [-0.25, -0.2) is 0 Å². The zero-order valence-electron chi connectivity index (χ0n) is 18.3. The summed E-state index contributed by atoms with van der Waals surface area (Å²) < 4.78 is 5.47. The first-order chi connectivity index (χ1) is 12.2. The van der Waals surface area contributed by atoms with Crippen molar-refractivity contribution >= 4 is 94.7 Å². The number of hydrogen-bond donors (Lipinski definition) is 1. The fourth-order valence-electron chi connectivity index (χ4n) is 3.62. The van der Waals surface area contributed by atoms with E-state index in [1.807, 2.05) is 0 Å². The predicted molar refractivity (Wildman–Crippen MR) is 142 cm³/mol. The van der Waals surface area contributed by atoms with Crippen LogP contribution < -0.4 is 35.0 Å². The van der Waals surface area contributed by atoms with Gasteiger partial charge in [0.05, 0.1) is 0 Å². The van der Waals surface area contributed by atoms with E-state index in [0.29, 0.717) is 37.7 Å². The molecular formula is C10H25B12NaO3S. The van der Waals surface area contributed by atoms with Crippen molar-refractivity contribution in [2.45, 2.75) is 25.5 Å². The third-order valence-corrected chi connectivity index (χ3v) is 7.11. The maximum atomic E-state index is 11.7. The van der Waals surface area contributed by atoms with Gasteiger partial charge in [-0.2, -0.15) is 0 Å². The first-order valence-electron chi connectivity index (χ1n) is 9.82. The molecular weight excluding hydrogens is 343 g/mol. The van der Waals surface area contributed by atoms with Crippen molar-refractivity contribution in [2.75, 3.05) is 5.75 Å². The van der Waals surface area contributed by atoms with E-state index < -0.39 is 0 Å². The summed E-state index contributed by atoms with van der Waals surface area (Å²) in [6.07, 6.45) is 6.03. The van der Waals surface area contributed by atoms with Gasteiger partial charge < -0.3 is 0 Å². The van der Waals surface area contributed by atoms with Crippen molar-refractivity contribution in [1.29, 1.82) is 0 Å². The number of aromatic hydroxyl groups is 1. The SMILES string of the molecule is [10BH-][10B]([10BH2])[10B]([10B]([10BH2])[10BH2])[10B]([10B]=S(CCCC)Cc1cc(=O)c(O)co1)[10B]([10BH2])[10BH2].[Na+]. The van der Waals surface area contributed by atoms with Crippen LogP contribution >= 0.6 is 10.3 Å². The van der Waals surface area contributed by atoms with Gasteiger partial charge in [0, 0.05) is 0 Å². The summed E-state index contributed by atoms with van der Waals surface area (Å²) in [5, 5.41) is 9.41. The van der Waals surface area contributed by atoms with Crippen LogP contribution in [0.15, 0.2) is 21.5 Å². The van der Waals surface area contributed by atoms with Gasteiger partial charge in [0.25, 0.3) is 0 Å². The molecule has 1 aromatic heterocycles. The van der Waals surface area contributed by atoms with Gasteiger partial charge >= 0.3 is 199 Å². The maximum Gasteiger partial charge on any atom is 1.00 e. The van der Waals surface area contributed by atoms with Crippen LogP contribution in [0.2, 0.25) is 0 Å². The topological polar surface area (TPSA) is 50.4 Å². The van der Waals surface area contributed by atoms with Gasteiger partial charge in [0.15, 0.2) is 0 Å². The molecule has 0 aliphatic carbocycles. The Morgan fingerprint density at radius 2 is 1.89 bits per heavy atom. The molecule has 0 bridgehead atoms. The van der Waals surface area contributed by atoms with Crippen LogP contribution in [0.3, 0.4) is 0 Å². The Balaban J connectivity index is 0.00000676. The minimum absolute atomic E-state index is 0. The molecule has 126 valence electrons. The van der Waals surface area contributed by atoms with Gasteiger partial charge in [-0.3, -0.25) is 0 Å². The molecule has 0 saturated heterocycles. The molecule has 2 radical (unpaired) electrons. The first-order valence-corrected chi connectivity index (χ1v) is 11.4. The van der Waals surface area contributed by atoms with Crippen molar-refractivity contribution < 1.29 is 39.1 Å². The van der Waals surface area contributed by atoms with E-state index in [-0.39, 0.29) is 51.1 Å². The molecule has 1 aromatic rings. The average Bonchev–Trinajstić information content (AvgIpc) is 2.54. The van der Waals surface area contributed by atoms with Crippen LogP contribution in [-0.4, -0.2) is 95.3 Å². The Morgan fingerprint density at radius 1 is 1.26 bits per heavy atom. The van der Waals surface area contributed by atoms with Crippen LogP contribution in [0.1, 0.15) is 25.5 Å². The summed E-state index contributed by atoms with van der Waals surface area (Å²) in [7, 11) is 15.8. The molecule has 3 nitrogen and oxygen atoms in total. The summed E-state index contributed by atoms with van der Waals surface area (Å²) in [5.41, 5.74) is -0.364. The van der Waals surface area contributed by atoms with Gasteiger partial charge in [0.1, 0.15) is 0 Å². The molecule has 0 saturated carbocycles. The Hall–Kier alpha value is 0.879. The molecule has 1 heterocycles. The summed E-state index contributed by atoms with van der Waals surface area (Å²) in [6, 6.07) is 3.96. The zero-order valence-corrected chi connectivity index (χ0v) is 21.1. The summed E-state index contributed by atoms with van der Waals surface area (Å²) in [4.78, 5) is 11.7. The normalized spacial score (nSPS) is 11.0. The molecule has 27 heavy (non-hydrogen) atoms. The third kappa shape index (κ3) is 9.49. The van der Waals surface area contributed by atoms with Crippen molar-refractivity contribution in [2.24, 2.45) is 0 Å². The predicted octanol–water partition coefficient (Wildman–Crippen LogP) is -8.13. The van der Waals surface area contributed by atoms with Crippen LogP contribution in [0, 0.1) is 0 Å². The second-order valence-electron chi connectivity index (χ2n) is 8.09. The number of unbranched alkanes of at least 4 members (excludes halogenated alkanes) is 1. The molecule has 1 rings (SSSR count). The second kappa shape index (κ2) is 14.0. The minimum Gasteiger partial charge on any atom is 1.00 e. The molecule has 0 aliphatic heterocycles. The molecule has 1 unspecified atom stereocenters. The summed E-state index contributed by atoms with van der Waals surface area (Å²) in [6.45, 7) is 2.21. The molecule has 1 N–H and O–H groups in total. The smallest absolute Gasteiger partial charge is 1.00 e. The quantitative estimate of drug-likeness (QED) is 0.418. The van der Waals surface area contributed by atoms with E-state index in [1.165, 1.54) is 12.5 Å². The first kappa shape index (κ1) is 27.9. The maximum absolute atomic E-state index is 11.7. The van der Waals surface area contributed by atoms with E-state index in [4.69, 9.17) is 4.42 Å². The van der Waals surface area contributed by atoms with Crippen molar-refractivity contribution in [1.82, 2.24) is 0 Å². The van der Waals surface area contributed by atoms with E-state index in [2.05, 4.69) is 59.4 Å². The fraction of sp³-hybridized carbons (Fsp3) is 0.500. The molecule has 0 spiro atoms. The van der Waals surface area contributed by atoms with E-state index >= 15 is 0 Å². The minimum atomic E-state index is -0.364. The van der Waals surface area contributed by atoms with E-state index in [1.54, 1.807) is 0 Å².